The molecule has 1 aromatic rings. The number of hydrogen-bond donors (Lipinski definition) is 0. The van der Waals surface area contributed by atoms with Crippen LogP contribution in [0.1, 0.15) is 57.9 Å². The average molecular weight is 282 g/mol. The van der Waals surface area contributed by atoms with E-state index in [9.17, 15) is 8.42 Å². The molecule has 2 nitrogen and oxygen atoms in total. The highest BCUT2D eigenvalue weighted by atomic mass is 32.2. The summed E-state index contributed by atoms with van der Waals surface area (Å²) in [5, 5.41) is 0. The highest BCUT2D eigenvalue weighted by Gasteiger charge is 2.13. The second-order valence-corrected chi connectivity index (χ2v) is 7.19. The van der Waals surface area contributed by atoms with Crippen molar-refractivity contribution in [2.24, 2.45) is 0 Å². The summed E-state index contributed by atoms with van der Waals surface area (Å²) in [4.78, 5) is 0.471. The molecule has 1 aromatic carbocycles. The maximum absolute atomic E-state index is 12.1. The molecule has 0 unspecified atom stereocenters. The van der Waals surface area contributed by atoms with E-state index in [2.05, 4.69) is 13.8 Å². The van der Waals surface area contributed by atoms with Crippen LogP contribution in [0.25, 0.3) is 0 Å². The van der Waals surface area contributed by atoms with Crippen molar-refractivity contribution < 1.29 is 8.42 Å². The third-order valence-corrected chi connectivity index (χ3v) is 5.27. The van der Waals surface area contributed by atoms with E-state index >= 15 is 0 Å². The van der Waals surface area contributed by atoms with Crippen molar-refractivity contribution in [3.8, 4) is 0 Å². The monoisotopic (exact) mass is 282 g/mol. The number of aryl methyl sites for hydroxylation is 1. The number of rotatable bonds is 9. The van der Waals surface area contributed by atoms with E-state index in [0.717, 1.165) is 25.7 Å². The normalized spacial score (nSPS) is 11.7. The summed E-state index contributed by atoms with van der Waals surface area (Å²) in [6.45, 7) is 4.25. The largest absolute Gasteiger partial charge is 0.224 e. The van der Waals surface area contributed by atoms with E-state index in [1.165, 1.54) is 24.8 Å². The topological polar surface area (TPSA) is 34.1 Å². The van der Waals surface area contributed by atoms with Crippen LogP contribution in [0.5, 0.6) is 0 Å². The van der Waals surface area contributed by atoms with Crippen molar-refractivity contribution in [3.05, 3.63) is 29.8 Å². The van der Waals surface area contributed by atoms with Gasteiger partial charge in [0.05, 0.1) is 10.6 Å². The van der Waals surface area contributed by atoms with Gasteiger partial charge in [-0.15, -0.1) is 0 Å². The molecule has 0 spiro atoms. The molecule has 0 aliphatic heterocycles. The van der Waals surface area contributed by atoms with Crippen LogP contribution in [-0.4, -0.2) is 14.2 Å². The lowest BCUT2D eigenvalue weighted by Crippen LogP contribution is -2.06. The van der Waals surface area contributed by atoms with Gasteiger partial charge in [0.1, 0.15) is 0 Å². The Morgan fingerprint density at radius 3 is 2.00 bits per heavy atom. The summed E-state index contributed by atoms with van der Waals surface area (Å²) in [5.41, 5.74) is 1.18. The lowest BCUT2D eigenvalue weighted by Gasteiger charge is -2.05. The van der Waals surface area contributed by atoms with E-state index in [1.54, 1.807) is 12.1 Å². The predicted molar refractivity (Wildman–Crippen MR) is 81.2 cm³/mol. The quantitative estimate of drug-likeness (QED) is 0.630. The van der Waals surface area contributed by atoms with Crippen LogP contribution in [0.3, 0.4) is 0 Å². The average Bonchev–Trinajstić information content (AvgIpc) is 2.43. The molecular formula is C16H26O2S. The molecule has 0 aliphatic carbocycles. The Balaban J connectivity index is 2.42. The van der Waals surface area contributed by atoms with Gasteiger partial charge >= 0.3 is 0 Å². The fourth-order valence-electron chi connectivity index (χ4n) is 2.12. The van der Waals surface area contributed by atoms with E-state index in [1.807, 2.05) is 12.1 Å². The van der Waals surface area contributed by atoms with Gasteiger partial charge in [-0.25, -0.2) is 8.42 Å². The summed E-state index contributed by atoms with van der Waals surface area (Å²) >= 11 is 0. The first kappa shape index (κ1) is 16.2. The van der Waals surface area contributed by atoms with E-state index in [0.29, 0.717) is 4.90 Å². The number of benzene rings is 1. The van der Waals surface area contributed by atoms with E-state index < -0.39 is 9.84 Å². The highest BCUT2D eigenvalue weighted by Crippen LogP contribution is 2.15. The van der Waals surface area contributed by atoms with Crippen molar-refractivity contribution >= 4 is 9.84 Å². The van der Waals surface area contributed by atoms with Crippen LogP contribution in [-0.2, 0) is 16.3 Å². The first-order chi connectivity index (χ1) is 9.10. The molecule has 0 aliphatic rings. The Labute approximate surface area is 118 Å². The highest BCUT2D eigenvalue weighted by molar-refractivity contribution is 7.91. The molecule has 0 N–H and O–H groups in total. The molecule has 0 atom stereocenters. The van der Waals surface area contributed by atoms with Crippen LogP contribution < -0.4 is 0 Å². The van der Waals surface area contributed by atoms with Crippen LogP contribution in [0, 0.1) is 0 Å². The van der Waals surface area contributed by atoms with Crippen LogP contribution >= 0.6 is 0 Å². The Morgan fingerprint density at radius 1 is 0.842 bits per heavy atom. The van der Waals surface area contributed by atoms with Crippen LogP contribution in [0.2, 0.25) is 0 Å². The summed E-state index contributed by atoms with van der Waals surface area (Å²) in [5.74, 6) is 0.282. The summed E-state index contributed by atoms with van der Waals surface area (Å²) < 4.78 is 24.2. The minimum atomic E-state index is -3.08. The second-order valence-electron chi connectivity index (χ2n) is 5.08. The van der Waals surface area contributed by atoms with Gasteiger partial charge in [-0.05, 0) is 30.5 Å². The van der Waals surface area contributed by atoms with Crippen molar-refractivity contribution in [1.82, 2.24) is 0 Å². The molecule has 3 heteroatoms. The summed E-state index contributed by atoms with van der Waals surface area (Å²) in [7, 11) is -3.08. The summed E-state index contributed by atoms with van der Waals surface area (Å²) in [6.07, 6.45) is 7.60. The third kappa shape index (κ3) is 5.77. The molecule has 0 amide bonds. The number of sulfone groups is 1. The van der Waals surface area contributed by atoms with Gasteiger partial charge in [-0.2, -0.15) is 0 Å². The SMILES string of the molecule is CCCCCCCCS(=O)(=O)c1ccc(CC)cc1. The van der Waals surface area contributed by atoms with Gasteiger partial charge in [0.15, 0.2) is 9.84 Å². The van der Waals surface area contributed by atoms with Crippen LogP contribution in [0.4, 0.5) is 0 Å². The molecule has 1 rings (SSSR count). The van der Waals surface area contributed by atoms with Gasteiger partial charge in [-0.3, -0.25) is 0 Å². The molecule has 0 fully saturated rings. The minimum Gasteiger partial charge on any atom is -0.224 e. The molecule has 0 heterocycles. The maximum Gasteiger partial charge on any atom is 0.178 e. The number of hydrogen-bond acceptors (Lipinski definition) is 2. The van der Waals surface area contributed by atoms with Gasteiger partial charge in [0.2, 0.25) is 0 Å². The smallest absolute Gasteiger partial charge is 0.178 e. The van der Waals surface area contributed by atoms with Gasteiger partial charge in [-0.1, -0.05) is 58.1 Å². The van der Waals surface area contributed by atoms with Crippen LogP contribution in [0.15, 0.2) is 29.2 Å². The zero-order valence-corrected chi connectivity index (χ0v) is 13.0. The van der Waals surface area contributed by atoms with Gasteiger partial charge in [0, 0.05) is 0 Å². The Morgan fingerprint density at radius 2 is 1.42 bits per heavy atom. The Kier molecular flexibility index (Phi) is 7.14. The zero-order chi connectivity index (χ0) is 14.1. The molecule has 19 heavy (non-hydrogen) atoms. The zero-order valence-electron chi connectivity index (χ0n) is 12.2. The second kappa shape index (κ2) is 8.36. The molecule has 0 saturated carbocycles. The van der Waals surface area contributed by atoms with Crippen molar-refractivity contribution in [3.63, 3.8) is 0 Å². The molecule has 108 valence electrons. The Bertz CT molecular complexity index is 446. The molecule has 0 radical (unpaired) electrons. The minimum absolute atomic E-state index is 0.282. The Hall–Kier alpha value is -0.830. The third-order valence-electron chi connectivity index (χ3n) is 3.46. The lowest BCUT2D eigenvalue weighted by molar-refractivity contribution is 0.583. The first-order valence-corrected chi connectivity index (χ1v) is 9.07. The van der Waals surface area contributed by atoms with Crippen molar-refractivity contribution in [2.45, 2.75) is 63.7 Å². The molecule has 0 saturated heterocycles. The predicted octanol–water partition coefficient (Wildman–Crippen LogP) is 4.38. The standard InChI is InChI=1S/C16H26O2S/c1-3-5-6-7-8-9-14-19(17,18)16-12-10-15(4-2)11-13-16/h10-13H,3-9,14H2,1-2H3. The summed E-state index contributed by atoms with van der Waals surface area (Å²) in [6, 6.07) is 7.30. The van der Waals surface area contributed by atoms with Gasteiger partial charge in [0.25, 0.3) is 0 Å². The fourth-order valence-corrected chi connectivity index (χ4v) is 3.49. The van der Waals surface area contributed by atoms with E-state index in [4.69, 9.17) is 0 Å². The van der Waals surface area contributed by atoms with Crippen molar-refractivity contribution in [2.75, 3.05) is 5.75 Å². The number of unbranched alkanes of at least 4 members (excludes halogenated alkanes) is 5. The maximum atomic E-state index is 12.1. The first-order valence-electron chi connectivity index (χ1n) is 7.42. The molecule has 0 aromatic heterocycles. The molecular weight excluding hydrogens is 256 g/mol. The van der Waals surface area contributed by atoms with Gasteiger partial charge < -0.3 is 0 Å². The fraction of sp³-hybridized carbons (Fsp3) is 0.625. The lowest BCUT2D eigenvalue weighted by atomic mass is 10.1. The van der Waals surface area contributed by atoms with Crippen molar-refractivity contribution in [1.29, 1.82) is 0 Å². The van der Waals surface area contributed by atoms with E-state index in [-0.39, 0.29) is 5.75 Å². The molecule has 0 bridgehead atoms.